The Morgan fingerprint density at radius 2 is 1.45 bits per heavy atom. The molecule has 0 spiro atoms. The van der Waals surface area contributed by atoms with Gasteiger partial charge in [-0.15, -0.1) is 0 Å². The fourth-order valence-electron chi connectivity index (χ4n) is 2.28. The Bertz CT molecular complexity index is 564. The van der Waals surface area contributed by atoms with Gasteiger partial charge in [0.15, 0.2) is 5.78 Å². The Hall–Kier alpha value is -1.89. The van der Waals surface area contributed by atoms with E-state index in [4.69, 9.17) is 0 Å². The molecule has 2 aromatic rings. The first-order valence-corrected chi connectivity index (χ1v) is 7.30. The van der Waals surface area contributed by atoms with Crippen molar-refractivity contribution >= 4 is 5.78 Å². The van der Waals surface area contributed by atoms with Crippen LogP contribution in [0.25, 0.3) is 11.1 Å². The standard InChI is InChI=1S/C19H22O/c1-4-14(2)13-16-5-7-18(8-6-16)19-11-9-17(10-12-19)15(3)20/h5-12,14H,4,13H2,1-3H3. The molecule has 1 unspecified atom stereocenters. The average molecular weight is 266 g/mol. The SMILES string of the molecule is CCC(C)Cc1ccc(-c2ccc(C(C)=O)cc2)cc1. The van der Waals surface area contributed by atoms with Gasteiger partial charge < -0.3 is 0 Å². The van der Waals surface area contributed by atoms with Gasteiger partial charge in [0.05, 0.1) is 0 Å². The van der Waals surface area contributed by atoms with E-state index >= 15 is 0 Å². The van der Waals surface area contributed by atoms with Crippen LogP contribution in [0.2, 0.25) is 0 Å². The second kappa shape index (κ2) is 6.51. The molecule has 1 atom stereocenters. The lowest BCUT2D eigenvalue weighted by Crippen LogP contribution is -1.97. The Kier molecular flexibility index (Phi) is 4.73. The molecule has 0 heterocycles. The number of hydrogen-bond donors (Lipinski definition) is 0. The van der Waals surface area contributed by atoms with Crippen molar-refractivity contribution < 1.29 is 4.79 Å². The number of ketones is 1. The van der Waals surface area contributed by atoms with E-state index in [1.165, 1.54) is 17.5 Å². The summed E-state index contributed by atoms with van der Waals surface area (Å²) >= 11 is 0. The molecule has 0 bridgehead atoms. The fraction of sp³-hybridized carbons (Fsp3) is 0.316. The van der Waals surface area contributed by atoms with E-state index in [2.05, 4.69) is 38.1 Å². The highest BCUT2D eigenvalue weighted by Gasteiger charge is 2.03. The molecule has 0 radical (unpaired) electrons. The molecule has 2 rings (SSSR count). The zero-order valence-electron chi connectivity index (χ0n) is 12.5. The first-order valence-electron chi connectivity index (χ1n) is 7.30. The fourth-order valence-corrected chi connectivity index (χ4v) is 2.28. The van der Waals surface area contributed by atoms with E-state index < -0.39 is 0 Å². The lowest BCUT2D eigenvalue weighted by atomic mass is 9.96. The van der Waals surface area contributed by atoms with Crippen LogP contribution in [-0.2, 0) is 6.42 Å². The van der Waals surface area contributed by atoms with Crippen LogP contribution < -0.4 is 0 Å². The molecule has 0 N–H and O–H groups in total. The highest BCUT2D eigenvalue weighted by molar-refractivity contribution is 5.94. The molecule has 20 heavy (non-hydrogen) atoms. The Labute approximate surface area is 121 Å². The van der Waals surface area contributed by atoms with Crippen molar-refractivity contribution in [3.63, 3.8) is 0 Å². The summed E-state index contributed by atoms with van der Waals surface area (Å²) in [5.74, 6) is 0.844. The van der Waals surface area contributed by atoms with Crippen LogP contribution in [0.1, 0.15) is 43.1 Å². The highest BCUT2D eigenvalue weighted by atomic mass is 16.1. The third kappa shape index (κ3) is 3.57. The number of carbonyl (C=O) groups is 1. The van der Waals surface area contributed by atoms with Crippen molar-refractivity contribution in [2.75, 3.05) is 0 Å². The first kappa shape index (κ1) is 14.5. The summed E-state index contributed by atoms with van der Waals surface area (Å²) < 4.78 is 0. The van der Waals surface area contributed by atoms with E-state index in [-0.39, 0.29) is 5.78 Å². The van der Waals surface area contributed by atoms with Gasteiger partial charge in [0.2, 0.25) is 0 Å². The molecule has 0 aromatic heterocycles. The molecular weight excluding hydrogens is 244 g/mol. The van der Waals surface area contributed by atoms with Gasteiger partial charge >= 0.3 is 0 Å². The number of Topliss-reactive ketones (excluding diaryl/α,β-unsaturated/α-hetero) is 1. The van der Waals surface area contributed by atoms with Crippen molar-refractivity contribution in [3.05, 3.63) is 59.7 Å². The Balaban J connectivity index is 2.15. The summed E-state index contributed by atoms with van der Waals surface area (Å²) in [5.41, 5.74) is 4.52. The van der Waals surface area contributed by atoms with Gasteiger partial charge in [-0.05, 0) is 36.0 Å². The van der Waals surface area contributed by atoms with Crippen molar-refractivity contribution in [1.29, 1.82) is 0 Å². The number of rotatable bonds is 5. The Morgan fingerprint density at radius 1 is 0.950 bits per heavy atom. The minimum atomic E-state index is 0.112. The third-order valence-corrected chi connectivity index (χ3v) is 3.86. The molecule has 0 aliphatic carbocycles. The molecule has 1 heteroatoms. The van der Waals surface area contributed by atoms with Gasteiger partial charge in [-0.2, -0.15) is 0 Å². The molecule has 0 aliphatic heterocycles. The molecule has 0 fully saturated rings. The number of benzene rings is 2. The van der Waals surface area contributed by atoms with Crippen LogP contribution in [0.3, 0.4) is 0 Å². The highest BCUT2D eigenvalue weighted by Crippen LogP contribution is 2.22. The minimum absolute atomic E-state index is 0.112. The maximum atomic E-state index is 11.3. The van der Waals surface area contributed by atoms with E-state index in [0.29, 0.717) is 0 Å². The van der Waals surface area contributed by atoms with Gasteiger partial charge in [-0.1, -0.05) is 68.8 Å². The van der Waals surface area contributed by atoms with Gasteiger partial charge in [-0.25, -0.2) is 0 Å². The van der Waals surface area contributed by atoms with Crippen LogP contribution in [0, 0.1) is 5.92 Å². The monoisotopic (exact) mass is 266 g/mol. The molecule has 104 valence electrons. The zero-order valence-corrected chi connectivity index (χ0v) is 12.5. The third-order valence-electron chi connectivity index (χ3n) is 3.86. The summed E-state index contributed by atoms with van der Waals surface area (Å²) in [6.07, 6.45) is 2.36. The number of carbonyl (C=O) groups excluding carboxylic acids is 1. The largest absolute Gasteiger partial charge is 0.295 e. The molecule has 2 aromatic carbocycles. The predicted molar refractivity (Wildman–Crippen MR) is 85.0 cm³/mol. The second-order valence-electron chi connectivity index (χ2n) is 5.55. The lowest BCUT2D eigenvalue weighted by Gasteiger charge is -2.09. The van der Waals surface area contributed by atoms with E-state index in [1.807, 2.05) is 24.3 Å². The molecule has 0 saturated heterocycles. The maximum Gasteiger partial charge on any atom is 0.159 e. The van der Waals surface area contributed by atoms with Crippen molar-refractivity contribution in [3.8, 4) is 11.1 Å². The van der Waals surface area contributed by atoms with E-state index in [0.717, 1.165) is 23.5 Å². The van der Waals surface area contributed by atoms with E-state index in [9.17, 15) is 4.79 Å². The maximum absolute atomic E-state index is 11.3. The molecule has 0 amide bonds. The predicted octanol–water partition coefficient (Wildman–Crippen LogP) is 5.14. The van der Waals surface area contributed by atoms with Crippen molar-refractivity contribution in [1.82, 2.24) is 0 Å². The van der Waals surface area contributed by atoms with Crippen LogP contribution in [0.4, 0.5) is 0 Å². The summed E-state index contributed by atoms with van der Waals surface area (Å²) in [4.78, 5) is 11.3. The van der Waals surface area contributed by atoms with Gasteiger partial charge in [0.1, 0.15) is 0 Å². The molecule has 0 saturated carbocycles. The molecule has 0 aliphatic rings. The quantitative estimate of drug-likeness (QED) is 0.684. The van der Waals surface area contributed by atoms with Gasteiger partial charge in [-0.3, -0.25) is 4.79 Å². The second-order valence-corrected chi connectivity index (χ2v) is 5.55. The topological polar surface area (TPSA) is 17.1 Å². The summed E-state index contributed by atoms with van der Waals surface area (Å²) in [7, 11) is 0. The van der Waals surface area contributed by atoms with Crippen molar-refractivity contribution in [2.45, 2.75) is 33.6 Å². The van der Waals surface area contributed by atoms with Crippen LogP contribution in [0.15, 0.2) is 48.5 Å². The van der Waals surface area contributed by atoms with Crippen LogP contribution in [0.5, 0.6) is 0 Å². The van der Waals surface area contributed by atoms with Gasteiger partial charge in [0, 0.05) is 5.56 Å². The summed E-state index contributed by atoms with van der Waals surface area (Å²) in [6.45, 7) is 6.11. The minimum Gasteiger partial charge on any atom is -0.295 e. The van der Waals surface area contributed by atoms with Gasteiger partial charge in [0.25, 0.3) is 0 Å². The van der Waals surface area contributed by atoms with E-state index in [1.54, 1.807) is 6.92 Å². The van der Waals surface area contributed by atoms with Crippen LogP contribution >= 0.6 is 0 Å². The normalized spacial score (nSPS) is 12.2. The lowest BCUT2D eigenvalue weighted by molar-refractivity contribution is 0.101. The first-order chi connectivity index (χ1) is 9.60. The molecular formula is C19H22O. The Morgan fingerprint density at radius 3 is 1.90 bits per heavy atom. The summed E-state index contributed by atoms with van der Waals surface area (Å²) in [6, 6.07) is 16.6. The number of hydrogen-bond acceptors (Lipinski definition) is 1. The smallest absolute Gasteiger partial charge is 0.159 e. The summed E-state index contributed by atoms with van der Waals surface area (Å²) in [5, 5.41) is 0. The van der Waals surface area contributed by atoms with Crippen molar-refractivity contribution in [2.24, 2.45) is 5.92 Å². The van der Waals surface area contributed by atoms with Crippen LogP contribution in [-0.4, -0.2) is 5.78 Å². The average Bonchev–Trinajstić information content (AvgIpc) is 2.48. The molecule has 1 nitrogen and oxygen atoms in total. The zero-order chi connectivity index (χ0) is 14.5.